The first-order chi connectivity index (χ1) is 14.5. The predicted octanol–water partition coefficient (Wildman–Crippen LogP) is 3.74. The fourth-order valence-corrected chi connectivity index (χ4v) is 2.66. The molecule has 2 aromatic rings. The number of benzene rings is 2. The van der Waals surface area contributed by atoms with Crippen LogP contribution in [0.5, 0.6) is 23.0 Å². The number of methoxy groups -OCH3 is 3. The van der Waals surface area contributed by atoms with E-state index in [2.05, 4.69) is 15.6 Å². The van der Waals surface area contributed by atoms with Gasteiger partial charge in [-0.05, 0) is 36.8 Å². The van der Waals surface area contributed by atoms with E-state index >= 15 is 0 Å². The molecule has 0 aliphatic rings. The average Bonchev–Trinajstić information content (AvgIpc) is 2.75. The highest BCUT2D eigenvalue weighted by molar-refractivity contribution is 14.0. The predicted molar refractivity (Wildman–Crippen MR) is 126 cm³/mol. The van der Waals surface area contributed by atoms with E-state index in [1.54, 1.807) is 21.3 Å². The number of nitrogens with zero attached hydrogens (tertiary/aromatic N) is 1. The molecular formula is C21H28F2IN3O4. The van der Waals surface area contributed by atoms with Gasteiger partial charge in [0, 0.05) is 12.6 Å². The lowest BCUT2D eigenvalue weighted by Gasteiger charge is -2.14. The molecule has 0 spiro atoms. The van der Waals surface area contributed by atoms with Crippen LogP contribution < -0.4 is 29.6 Å². The Balaban J connectivity index is 0.00000480. The number of nitrogens with one attached hydrogen (secondary N) is 2. The molecule has 0 heterocycles. The second-order valence-corrected chi connectivity index (χ2v) is 6.08. The van der Waals surface area contributed by atoms with Crippen LogP contribution in [0.4, 0.5) is 8.78 Å². The first-order valence-electron chi connectivity index (χ1n) is 9.41. The first kappa shape index (κ1) is 26.5. The lowest BCUT2D eigenvalue weighted by molar-refractivity contribution is 0.304. The fourth-order valence-electron chi connectivity index (χ4n) is 2.66. The minimum Gasteiger partial charge on any atom is -0.493 e. The standard InChI is InChI=1S/C21H27F2N3O4.HI/c1-5-24-21(25-8-9-30-17-7-6-15(22)12-16(17)23)26-13-14-10-18(27-2)20(29-4)19(11-14)28-3;/h6-7,10-12H,5,8-9,13H2,1-4H3,(H2,24,25,26);1H. The summed E-state index contributed by atoms with van der Waals surface area (Å²) in [4.78, 5) is 4.53. The summed E-state index contributed by atoms with van der Waals surface area (Å²) in [6.07, 6.45) is 0. The summed E-state index contributed by atoms with van der Waals surface area (Å²) < 4.78 is 47.9. The van der Waals surface area contributed by atoms with Gasteiger partial charge in [0.05, 0.1) is 34.4 Å². The highest BCUT2D eigenvalue weighted by atomic mass is 127. The Morgan fingerprint density at radius 2 is 1.61 bits per heavy atom. The van der Waals surface area contributed by atoms with E-state index < -0.39 is 11.6 Å². The number of rotatable bonds is 10. The Morgan fingerprint density at radius 1 is 0.935 bits per heavy atom. The largest absolute Gasteiger partial charge is 0.493 e. The molecule has 0 unspecified atom stereocenters. The normalized spacial score (nSPS) is 10.7. The lowest BCUT2D eigenvalue weighted by atomic mass is 10.2. The van der Waals surface area contributed by atoms with Gasteiger partial charge in [0.2, 0.25) is 5.75 Å². The van der Waals surface area contributed by atoms with Crippen LogP contribution in [0, 0.1) is 11.6 Å². The van der Waals surface area contributed by atoms with Crippen molar-refractivity contribution in [1.29, 1.82) is 0 Å². The van der Waals surface area contributed by atoms with E-state index in [1.807, 2.05) is 19.1 Å². The summed E-state index contributed by atoms with van der Waals surface area (Å²) in [7, 11) is 4.66. The van der Waals surface area contributed by atoms with Crippen LogP contribution in [0.15, 0.2) is 35.3 Å². The number of hydrogen-bond acceptors (Lipinski definition) is 5. The van der Waals surface area contributed by atoms with Gasteiger partial charge in [0.1, 0.15) is 12.4 Å². The maximum atomic E-state index is 13.6. The van der Waals surface area contributed by atoms with E-state index in [0.717, 1.165) is 17.7 Å². The number of hydrogen-bond donors (Lipinski definition) is 2. The highest BCUT2D eigenvalue weighted by Crippen LogP contribution is 2.38. The van der Waals surface area contributed by atoms with Crippen molar-refractivity contribution in [2.45, 2.75) is 13.5 Å². The molecule has 0 atom stereocenters. The van der Waals surface area contributed by atoms with Crippen molar-refractivity contribution in [3.63, 3.8) is 0 Å². The van der Waals surface area contributed by atoms with Gasteiger partial charge in [-0.2, -0.15) is 0 Å². The summed E-state index contributed by atoms with van der Waals surface area (Å²) in [5.74, 6) is 0.795. The van der Waals surface area contributed by atoms with Crippen molar-refractivity contribution >= 4 is 29.9 Å². The van der Waals surface area contributed by atoms with Gasteiger partial charge >= 0.3 is 0 Å². The van der Waals surface area contributed by atoms with Crippen LogP contribution in [-0.2, 0) is 6.54 Å². The van der Waals surface area contributed by atoms with Gasteiger partial charge in [0.25, 0.3) is 0 Å². The summed E-state index contributed by atoms with van der Waals surface area (Å²) >= 11 is 0. The summed E-state index contributed by atoms with van der Waals surface area (Å²) in [5.41, 5.74) is 0.867. The first-order valence-corrected chi connectivity index (χ1v) is 9.41. The third-order valence-electron chi connectivity index (χ3n) is 4.03. The SMILES string of the molecule is CCNC(=NCc1cc(OC)c(OC)c(OC)c1)NCCOc1ccc(F)cc1F.I. The summed E-state index contributed by atoms with van der Waals surface area (Å²) in [6.45, 7) is 3.52. The molecular weight excluding hydrogens is 523 g/mol. The Kier molecular flexibility index (Phi) is 11.8. The zero-order valence-corrected chi connectivity index (χ0v) is 20.3. The number of ether oxygens (including phenoxy) is 4. The molecule has 0 saturated carbocycles. The molecule has 0 radical (unpaired) electrons. The second kappa shape index (κ2) is 13.7. The molecule has 10 heteroatoms. The Hall–Kier alpha value is -2.50. The van der Waals surface area contributed by atoms with Crippen molar-refractivity contribution in [2.75, 3.05) is 41.0 Å². The molecule has 0 aliphatic heterocycles. The van der Waals surface area contributed by atoms with Crippen molar-refractivity contribution in [3.8, 4) is 23.0 Å². The van der Waals surface area contributed by atoms with E-state index in [0.29, 0.717) is 42.8 Å². The Morgan fingerprint density at radius 3 is 2.16 bits per heavy atom. The molecule has 31 heavy (non-hydrogen) atoms. The van der Waals surface area contributed by atoms with Gasteiger partial charge in [-0.3, -0.25) is 0 Å². The highest BCUT2D eigenvalue weighted by Gasteiger charge is 2.13. The smallest absolute Gasteiger partial charge is 0.203 e. The van der Waals surface area contributed by atoms with Gasteiger partial charge in [-0.25, -0.2) is 13.8 Å². The van der Waals surface area contributed by atoms with Gasteiger partial charge in [-0.1, -0.05) is 0 Å². The molecule has 0 amide bonds. The number of halogens is 3. The van der Waals surface area contributed by atoms with Crippen LogP contribution in [0.2, 0.25) is 0 Å². The van der Waals surface area contributed by atoms with E-state index in [9.17, 15) is 8.78 Å². The molecule has 172 valence electrons. The van der Waals surface area contributed by atoms with E-state index in [1.165, 1.54) is 6.07 Å². The maximum Gasteiger partial charge on any atom is 0.203 e. The Bertz CT molecular complexity index is 844. The monoisotopic (exact) mass is 551 g/mol. The van der Waals surface area contributed by atoms with E-state index in [-0.39, 0.29) is 36.3 Å². The molecule has 0 bridgehead atoms. The molecule has 0 aromatic heterocycles. The quantitative estimate of drug-likeness (QED) is 0.203. The molecule has 0 aliphatic carbocycles. The Labute approximate surface area is 198 Å². The molecule has 7 nitrogen and oxygen atoms in total. The average molecular weight is 551 g/mol. The topological polar surface area (TPSA) is 73.3 Å². The molecule has 2 aromatic carbocycles. The minimum atomic E-state index is -0.738. The van der Waals surface area contributed by atoms with Crippen LogP contribution >= 0.6 is 24.0 Å². The number of guanidine groups is 1. The van der Waals surface area contributed by atoms with Gasteiger partial charge in [0.15, 0.2) is 29.0 Å². The van der Waals surface area contributed by atoms with Crippen LogP contribution in [0.25, 0.3) is 0 Å². The lowest BCUT2D eigenvalue weighted by Crippen LogP contribution is -2.39. The van der Waals surface area contributed by atoms with Gasteiger partial charge in [-0.15, -0.1) is 24.0 Å². The zero-order valence-electron chi connectivity index (χ0n) is 18.0. The third-order valence-corrected chi connectivity index (χ3v) is 4.03. The molecule has 0 saturated heterocycles. The third kappa shape index (κ3) is 7.93. The van der Waals surface area contributed by atoms with E-state index in [4.69, 9.17) is 18.9 Å². The molecule has 0 fully saturated rings. The van der Waals surface area contributed by atoms with Crippen molar-refractivity contribution in [1.82, 2.24) is 10.6 Å². The second-order valence-electron chi connectivity index (χ2n) is 6.08. The number of aliphatic imine (C=N–C) groups is 1. The minimum absolute atomic E-state index is 0. The van der Waals surface area contributed by atoms with Crippen molar-refractivity contribution in [2.24, 2.45) is 4.99 Å². The van der Waals surface area contributed by atoms with Crippen LogP contribution in [0.3, 0.4) is 0 Å². The summed E-state index contributed by atoms with van der Waals surface area (Å²) in [5, 5.41) is 6.22. The van der Waals surface area contributed by atoms with Crippen molar-refractivity contribution < 1.29 is 27.7 Å². The van der Waals surface area contributed by atoms with Crippen LogP contribution in [-0.4, -0.2) is 47.0 Å². The van der Waals surface area contributed by atoms with Crippen molar-refractivity contribution in [3.05, 3.63) is 47.5 Å². The fraction of sp³-hybridized carbons (Fsp3) is 0.381. The molecule has 2 rings (SSSR count). The van der Waals surface area contributed by atoms with Gasteiger partial charge < -0.3 is 29.6 Å². The van der Waals surface area contributed by atoms with Crippen LogP contribution in [0.1, 0.15) is 12.5 Å². The summed E-state index contributed by atoms with van der Waals surface area (Å²) in [6, 6.07) is 6.85. The zero-order chi connectivity index (χ0) is 21.9. The molecule has 2 N–H and O–H groups in total. The maximum absolute atomic E-state index is 13.6.